The highest BCUT2D eigenvalue weighted by Crippen LogP contribution is 2.29. The van der Waals surface area contributed by atoms with Crippen molar-refractivity contribution in [2.24, 2.45) is 0 Å². The molecule has 3 rings (SSSR count). The third kappa shape index (κ3) is 3.96. The Hall–Kier alpha value is -1.76. The minimum atomic E-state index is -2.88. The van der Waals surface area contributed by atoms with Gasteiger partial charge in [-0.3, -0.25) is 10.1 Å². The summed E-state index contributed by atoms with van der Waals surface area (Å²) >= 11 is 0. The highest BCUT2D eigenvalue weighted by atomic mass is 19.3. The normalized spacial score (nSPS) is 23.9. The van der Waals surface area contributed by atoms with Crippen molar-refractivity contribution in [1.82, 2.24) is 5.32 Å². The second kappa shape index (κ2) is 6.39. The monoisotopic (exact) mass is 328 g/mol. The van der Waals surface area contributed by atoms with Gasteiger partial charge in [-0.05, 0) is 37.8 Å². The molecule has 0 radical (unpaired) electrons. The first kappa shape index (κ1) is 16.1. The van der Waals surface area contributed by atoms with Crippen molar-refractivity contribution in [1.29, 1.82) is 0 Å². The third-order valence-corrected chi connectivity index (χ3v) is 4.22. The lowest BCUT2D eigenvalue weighted by Crippen LogP contribution is -2.35. The van der Waals surface area contributed by atoms with Gasteiger partial charge in [-0.15, -0.1) is 0 Å². The van der Waals surface area contributed by atoms with Crippen LogP contribution >= 0.6 is 0 Å². The SMILES string of the molecule is O=C(Nc1ccc(OC2CCCC2)c(F)c1)C1CC(F)(F)CN1. The van der Waals surface area contributed by atoms with Crippen molar-refractivity contribution in [2.75, 3.05) is 11.9 Å². The molecule has 1 aromatic carbocycles. The van der Waals surface area contributed by atoms with E-state index in [1.807, 2.05) is 0 Å². The number of nitrogens with one attached hydrogen (secondary N) is 2. The summed E-state index contributed by atoms with van der Waals surface area (Å²) in [6, 6.07) is 3.15. The minimum Gasteiger partial charge on any atom is -0.487 e. The lowest BCUT2D eigenvalue weighted by Gasteiger charge is -2.15. The summed E-state index contributed by atoms with van der Waals surface area (Å²) in [7, 11) is 0. The molecule has 1 unspecified atom stereocenters. The molecular formula is C16H19F3N2O2. The summed E-state index contributed by atoms with van der Waals surface area (Å²) in [6.07, 6.45) is 3.48. The number of amides is 1. The number of benzene rings is 1. The highest BCUT2D eigenvalue weighted by molar-refractivity contribution is 5.95. The molecule has 23 heavy (non-hydrogen) atoms. The Bertz CT molecular complexity index is 589. The van der Waals surface area contributed by atoms with Gasteiger partial charge in [0, 0.05) is 18.2 Å². The number of ether oxygens (including phenoxy) is 1. The van der Waals surface area contributed by atoms with Gasteiger partial charge in [0.05, 0.1) is 18.7 Å². The summed E-state index contributed by atoms with van der Waals surface area (Å²) in [5, 5.41) is 4.91. The molecule has 1 saturated heterocycles. The molecule has 126 valence electrons. The van der Waals surface area contributed by atoms with Crippen LogP contribution in [0.5, 0.6) is 5.75 Å². The van der Waals surface area contributed by atoms with Crippen molar-refractivity contribution in [3.05, 3.63) is 24.0 Å². The van der Waals surface area contributed by atoms with Crippen LogP contribution in [0.2, 0.25) is 0 Å². The van der Waals surface area contributed by atoms with Gasteiger partial charge in [0.1, 0.15) is 0 Å². The summed E-state index contributed by atoms with van der Waals surface area (Å²) in [5.74, 6) is -3.89. The third-order valence-electron chi connectivity index (χ3n) is 4.22. The average Bonchev–Trinajstić information content (AvgIpc) is 3.11. The van der Waals surface area contributed by atoms with Crippen LogP contribution in [0.3, 0.4) is 0 Å². The first-order valence-corrected chi connectivity index (χ1v) is 7.81. The summed E-state index contributed by atoms with van der Waals surface area (Å²) in [6.45, 7) is -0.520. The predicted octanol–water partition coefficient (Wildman–Crippen LogP) is 3.08. The topological polar surface area (TPSA) is 50.4 Å². The molecule has 4 nitrogen and oxygen atoms in total. The van der Waals surface area contributed by atoms with Crippen LogP contribution in [-0.4, -0.2) is 30.5 Å². The fraction of sp³-hybridized carbons (Fsp3) is 0.562. The van der Waals surface area contributed by atoms with Crippen LogP contribution in [0.4, 0.5) is 18.9 Å². The van der Waals surface area contributed by atoms with Gasteiger partial charge in [-0.1, -0.05) is 0 Å². The highest BCUT2D eigenvalue weighted by Gasteiger charge is 2.42. The van der Waals surface area contributed by atoms with E-state index in [1.165, 1.54) is 12.1 Å². The Balaban J connectivity index is 1.60. The second-order valence-corrected chi connectivity index (χ2v) is 6.15. The van der Waals surface area contributed by atoms with Crippen LogP contribution in [0, 0.1) is 5.82 Å². The molecule has 0 spiro atoms. The molecule has 1 saturated carbocycles. The molecule has 7 heteroatoms. The fourth-order valence-corrected chi connectivity index (χ4v) is 2.99. The Labute approximate surface area is 132 Å². The van der Waals surface area contributed by atoms with Gasteiger partial charge in [0.25, 0.3) is 5.92 Å². The van der Waals surface area contributed by atoms with E-state index in [2.05, 4.69) is 10.6 Å². The number of carbonyl (C=O) groups is 1. The molecule has 1 atom stereocenters. The average molecular weight is 328 g/mol. The maximum absolute atomic E-state index is 14.0. The number of hydrogen-bond acceptors (Lipinski definition) is 3. The maximum atomic E-state index is 14.0. The van der Waals surface area contributed by atoms with Crippen molar-refractivity contribution < 1.29 is 22.7 Å². The molecule has 0 aromatic heterocycles. The van der Waals surface area contributed by atoms with E-state index in [0.29, 0.717) is 0 Å². The number of hydrogen-bond donors (Lipinski definition) is 2. The Morgan fingerprint density at radius 1 is 1.30 bits per heavy atom. The van der Waals surface area contributed by atoms with E-state index in [-0.39, 0.29) is 17.5 Å². The van der Waals surface area contributed by atoms with Gasteiger partial charge >= 0.3 is 0 Å². The molecule has 1 amide bonds. The second-order valence-electron chi connectivity index (χ2n) is 6.15. The molecule has 2 N–H and O–H groups in total. The standard InChI is InChI=1S/C16H19F3N2O2/c17-12-7-10(5-6-14(12)23-11-3-1-2-4-11)21-15(22)13-8-16(18,19)9-20-13/h5-7,11,13,20H,1-4,8-9H2,(H,21,22). The molecule has 1 aliphatic carbocycles. The van der Waals surface area contributed by atoms with Crippen LogP contribution in [0.25, 0.3) is 0 Å². The zero-order valence-electron chi connectivity index (χ0n) is 12.6. The fourth-order valence-electron chi connectivity index (χ4n) is 2.99. The summed E-state index contributed by atoms with van der Waals surface area (Å²) < 4.78 is 45.8. The number of rotatable bonds is 4. The van der Waals surface area contributed by atoms with E-state index in [0.717, 1.165) is 31.7 Å². The van der Waals surface area contributed by atoms with Crippen LogP contribution in [0.15, 0.2) is 18.2 Å². The van der Waals surface area contributed by atoms with Gasteiger partial charge in [0.15, 0.2) is 11.6 Å². The number of carbonyl (C=O) groups excluding carboxylic acids is 1. The largest absolute Gasteiger partial charge is 0.487 e. The molecular weight excluding hydrogens is 309 g/mol. The molecule has 1 heterocycles. The lowest BCUT2D eigenvalue weighted by atomic mass is 10.2. The van der Waals surface area contributed by atoms with Crippen molar-refractivity contribution in [2.45, 2.75) is 50.2 Å². The van der Waals surface area contributed by atoms with Crippen molar-refractivity contribution in [3.63, 3.8) is 0 Å². The van der Waals surface area contributed by atoms with Gasteiger partial charge in [0.2, 0.25) is 5.91 Å². The quantitative estimate of drug-likeness (QED) is 0.893. The Morgan fingerprint density at radius 3 is 2.65 bits per heavy atom. The van der Waals surface area contributed by atoms with E-state index in [1.54, 1.807) is 0 Å². The number of anilines is 1. The number of alkyl halides is 2. The van der Waals surface area contributed by atoms with Crippen molar-refractivity contribution in [3.8, 4) is 5.75 Å². The van der Waals surface area contributed by atoms with Crippen LogP contribution in [-0.2, 0) is 4.79 Å². The Kier molecular flexibility index (Phi) is 4.48. The first-order valence-electron chi connectivity index (χ1n) is 7.81. The Morgan fingerprint density at radius 2 is 2.04 bits per heavy atom. The summed E-state index contributed by atoms with van der Waals surface area (Å²) in [5.41, 5.74) is 0.225. The first-order chi connectivity index (χ1) is 10.9. The van der Waals surface area contributed by atoms with Crippen molar-refractivity contribution >= 4 is 11.6 Å². The van der Waals surface area contributed by atoms with Crippen LogP contribution < -0.4 is 15.4 Å². The molecule has 2 fully saturated rings. The zero-order valence-corrected chi connectivity index (χ0v) is 12.6. The maximum Gasteiger partial charge on any atom is 0.262 e. The predicted molar refractivity (Wildman–Crippen MR) is 79.3 cm³/mol. The molecule has 0 bridgehead atoms. The van der Waals surface area contributed by atoms with E-state index >= 15 is 0 Å². The van der Waals surface area contributed by atoms with E-state index < -0.39 is 36.7 Å². The van der Waals surface area contributed by atoms with Crippen LogP contribution in [0.1, 0.15) is 32.1 Å². The molecule has 2 aliphatic rings. The minimum absolute atomic E-state index is 0.0369. The zero-order chi connectivity index (χ0) is 16.4. The van der Waals surface area contributed by atoms with Gasteiger partial charge < -0.3 is 10.1 Å². The molecule has 1 aromatic rings. The lowest BCUT2D eigenvalue weighted by molar-refractivity contribution is -0.118. The number of halogens is 3. The van der Waals surface area contributed by atoms with Gasteiger partial charge in [-0.25, -0.2) is 13.2 Å². The summed E-state index contributed by atoms with van der Waals surface area (Å²) in [4.78, 5) is 11.9. The van der Waals surface area contributed by atoms with E-state index in [4.69, 9.17) is 4.74 Å². The molecule has 1 aliphatic heterocycles. The van der Waals surface area contributed by atoms with E-state index in [9.17, 15) is 18.0 Å². The van der Waals surface area contributed by atoms with Gasteiger partial charge in [-0.2, -0.15) is 0 Å². The smallest absolute Gasteiger partial charge is 0.262 e.